The predicted molar refractivity (Wildman–Crippen MR) is 113 cm³/mol. The second kappa shape index (κ2) is 9.53. The molecule has 0 spiro atoms. The topological polar surface area (TPSA) is 84.9 Å². The van der Waals surface area contributed by atoms with Crippen molar-refractivity contribution in [3.8, 4) is 11.5 Å². The highest BCUT2D eigenvalue weighted by molar-refractivity contribution is 7.89. The van der Waals surface area contributed by atoms with E-state index in [1.54, 1.807) is 6.07 Å². The van der Waals surface area contributed by atoms with Crippen molar-refractivity contribution < 1.29 is 22.8 Å². The van der Waals surface area contributed by atoms with Gasteiger partial charge in [-0.05, 0) is 36.4 Å². The molecule has 30 heavy (non-hydrogen) atoms. The van der Waals surface area contributed by atoms with Gasteiger partial charge in [0.2, 0.25) is 0 Å². The van der Waals surface area contributed by atoms with Crippen LogP contribution >= 0.6 is 0 Å². The molecule has 156 valence electrons. The number of rotatable bonds is 8. The molecule has 8 heteroatoms. The van der Waals surface area contributed by atoms with Gasteiger partial charge in [-0.15, -0.1) is 0 Å². The number of carbonyl (C=O) groups is 1. The zero-order valence-electron chi connectivity index (χ0n) is 16.6. The van der Waals surface area contributed by atoms with Crippen molar-refractivity contribution in [2.45, 2.75) is 11.4 Å². The summed E-state index contributed by atoms with van der Waals surface area (Å²) in [6.07, 6.45) is 0. The lowest BCUT2D eigenvalue weighted by Gasteiger charge is -2.15. The van der Waals surface area contributed by atoms with Crippen LogP contribution < -0.4 is 10.1 Å². The number of nitrogens with one attached hydrogen (secondary N) is 1. The minimum Gasteiger partial charge on any atom is -0.457 e. The molecule has 0 aliphatic heterocycles. The Morgan fingerprint density at radius 2 is 1.67 bits per heavy atom. The highest BCUT2D eigenvalue weighted by atomic mass is 32.2. The Balaban J connectivity index is 1.73. The Kier molecular flexibility index (Phi) is 6.83. The number of benzene rings is 3. The van der Waals surface area contributed by atoms with Crippen molar-refractivity contribution in [3.05, 3.63) is 90.0 Å². The average Bonchev–Trinajstić information content (AvgIpc) is 2.78. The van der Waals surface area contributed by atoms with E-state index in [-0.39, 0.29) is 17.0 Å². The zero-order chi connectivity index (χ0) is 21.6. The van der Waals surface area contributed by atoms with E-state index in [0.29, 0.717) is 11.5 Å². The Labute approximate surface area is 175 Å². The second-order valence-electron chi connectivity index (χ2n) is 6.33. The fourth-order valence-corrected chi connectivity index (χ4v) is 3.71. The third kappa shape index (κ3) is 5.04. The van der Waals surface area contributed by atoms with Crippen molar-refractivity contribution in [2.24, 2.45) is 0 Å². The first-order valence-electron chi connectivity index (χ1n) is 9.14. The van der Waals surface area contributed by atoms with Crippen LogP contribution in [0.25, 0.3) is 0 Å². The Morgan fingerprint density at radius 3 is 2.40 bits per heavy atom. The van der Waals surface area contributed by atoms with Gasteiger partial charge >= 0.3 is 0 Å². The lowest BCUT2D eigenvalue weighted by Crippen LogP contribution is -2.27. The molecule has 0 saturated heterocycles. The van der Waals surface area contributed by atoms with Gasteiger partial charge in [-0.2, -0.15) is 0 Å². The standard InChI is InChI=1S/C22H22N2O5S/c1-24(28-2)30(26,27)20-13-8-10-17(15-20)22(25)23-16-18-9-6-7-14-21(18)29-19-11-4-3-5-12-19/h3-15H,16H2,1-2H3,(H,23,25). The lowest BCUT2D eigenvalue weighted by molar-refractivity contribution is -0.0258. The Bertz CT molecular complexity index is 1120. The van der Waals surface area contributed by atoms with Gasteiger partial charge in [0.15, 0.2) is 0 Å². The molecular formula is C22H22N2O5S. The molecule has 0 bridgehead atoms. The molecule has 7 nitrogen and oxygen atoms in total. The van der Waals surface area contributed by atoms with Gasteiger partial charge in [-0.25, -0.2) is 8.42 Å². The number of nitrogens with zero attached hydrogens (tertiary/aromatic N) is 1. The molecular weight excluding hydrogens is 404 g/mol. The van der Waals surface area contributed by atoms with E-state index in [1.165, 1.54) is 32.4 Å². The number of hydroxylamine groups is 1. The van der Waals surface area contributed by atoms with Gasteiger partial charge in [0.25, 0.3) is 15.9 Å². The predicted octanol–water partition coefficient (Wildman–Crippen LogP) is 3.59. The molecule has 1 amide bonds. The molecule has 0 aliphatic carbocycles. The molecule has 1 N–H and O–H groups in total. The quantitative estimate of drug-likeness (QED) is 0.557. The molecule has 0 aliphatic rings. The lowest BCUT2D eigenvalue weighted by atomic mass is 10.1. The molecule has 0 atom stereocenters. The maximum atomic E-state index is 12.6. The maximum Gasteiger partial charge on any atom is 0.264 e. The molecule has 0 fully saturated rings. The number of para-hydroxylation sites is 2. The van der Waals surface area contributed by atoms with Crippen LogP contribution in [0.5, 0.6) is 11.5 Å². The van der Waals surface area contributed by atoms with Crippen LogP contribution in [0.1, 0.15) is 15.9 Å². The van der Waals surface area contributed by atoms with E-state index in [4.69, 9.17) is 9.57 Å². The van der Waals surface area contributed by atoms with Gasteiger partial charge in [0.05, 0.1) is 12.0 Å². The molecule has 3 rings (SSSR count). The molecule has 0 radical (unpaired) electrons. The monoisotopic (exact) mass is 426 g/mol. The molecule has 0 heterocycles. The summed E-state index contributed by atoms with van der Waals surface area (Å²) in [5.74, 6) is 0.917. The summed E-state index contributed by atoms with van der Waals surface area (Å²) in [6, 6.07) is 22.5. The maximum absolute atomic E-state index is 12.6. The first-order valence-corrected chi connectivity index (χ1v) is 10.6. The summed E-state index contributed by atoms with van der Waals surface area (Å²) >= 11 is 0. The second-order valence-corrected chi connectivity index (χ2v) is 8.27. The van der Waals surface area contributed by atoms with Gasteiger partial charge < -0.3 is 10.1 Å². The van der Waals surface area contributed by atoms with Crippen LogP contribution in [0.3, 0.4) is 0 Å². The van der Waals surface area contributed by atoms with Crippen LogP contribution in [-0.2, 0) is 21.4 Å². The van der Waals surface area contributed by atoms with Crippen LogP contribution in [0, 0.1) is 0 Å². The highest BCUT2D eigenvalue weighted by Gasteiger charge is 2.22. The van der Waals surface area contributed by atoms with E-state index >= 15 is 0 Å². The summed E-state index contributed by atoms with van der Waals surface area (Å²) in [4.78, 5) is 17.3. The molecule has 0 saturated carbocycles. The zero-order valence-corrected chi connectivity index (χ0v) is 17.4. The van der Waals surface area contributed by atoms with Crippen LogP contribution in [-0.4, -0.2) is 33.0 Å². The Hall–Kier alpha value is -3.20. The number of ether oxygens (including phenoxy) is 1. The third-order valence-electron chi connectivity index (χ3n) is 4.37. The SMILES string of the molecule is CON(C)S(=O)(=O)c1cccc(C(=O)NCc2ccccc2Oc2ccccc2)c1. The van der Waals surface area contributed by atoms with Crippen LogP contribution in [0.2, 0.25) is 0 Å². The summed E-state index contributed by atoms with van der Waals surface area (Å²) < 4.78 is 31.4. The van der Waals surface area contributed by atoms with Crippen molar-refractivity contribution in [3.63, 3.8) is 0 Å². The fraction of sp³-hybridized carbons (Fsp3) is 0.136. The summed E-state index contributed by atoms with van der Waals surface area (Å²) in [5, 5.41) is 2.80. The van der Waals surface area contributed by atoms with E-state index < -0.39 is 15.9 Å². The van der Waals surface area contributed by atoms with Gasteiger partial charge in [0.1, 0.15) is 11.5 Å². The largest absolute Gasteiger partial charge is 0.457 e. The minimum absolute atomic E-state index is 0.0349. The molecule has 3 aromatic carbocycles. The number of hydrogen-bond donors (Lipinski definition) is 1. The fourth-order valence-electron chi connectivity index (χ4n) is 2.69. The van der Waals surface area contributed by atoms with Crippen LogP contribution in [0.15, 0.2) is 83.8 Å². The van der Waals surface area contributed by atoms with Gasteiger partial charge in [-0.3, -0.25) is 9.63 Å². The summed E-state index contributed by atoms with van der Waals surface area (Å²) in [5.41, 5.74) is 1.01. The van der Waals surface area contributed by atoms with Crippen molar-refractivity contribution in [1.29, 1.82) is 0 Å². The van der Waals surface area contributed by atoms with Crippen molar-refractivity contribution in [2.75, 3.05) is 14.2 Å². The minimum atomic E-state index is -3.84. The Morgan fingerprint density at radius 1 is 0.967 bits per heavy atom. The van der Waals surface area contributed by atoms with Crippen LogP contribution in [0.4, 0.5) is 0 Å². The number of carbonyl (C=O) groups excluding carboxylic acids is 1. The first kappa shape index (κ1) is 21.5. The van der Waals surface area contributed by atoms with Crippen molar-refractivity contribution in [1.82, 2.24) is 9.79 Å². The first-order chi connectivity index (χ1) is 14.4. The van der Waals surface area contributed by atoms with E-state index in [1.807, 2.05) is 54.6 Å². The number of sulfonamides is 1. The molecule has 3 aromatic rings. The smallest absolute Gasteiger partial charge is 0.264 e. The average molecular weight is 426 g/mol. The van der Waals surface area contributed by atoms with Crippen molar-refractivity contribution >= 4 is 15.9 Å². The molecule has 0 aromatic heterocycles. The summed E-state index contributed by atoms with van der Waals surface area (Å²) in [6.45, 7) is 0.219. The van der Waals surface area contributed by atoms with Gasteiger partial charge in [0, 0.05) is 24.7 Å². The van der Waals surface area contributed by atoms with E-state index in [9.17, 15) is 13.2 Å². The third-order valence-corrected chi connectivity index (χ3v) is 6.05. The normalized spacial score (nSPS) is 11.3. The van der Waals surface area contributed by atoms with Gasteiger partial charge in [-0.1, -0.05) is 46.9 Å². The number of hydrogen-bond acceptors (Lipinski definition) is 5. The van der Waals surface area contributed by atoms with E-state index in [2.05, 4.69) is 5.32 Å². The highest BCUT2D eigenvalue weighted by Crippen LogP contribution is 2.25. The number of amides is 1. The summed E-state index contributed by atoms with van der Waals surface area (Å²) in [7, 11) is -1.31. The van der Waals surface area contributed by atoms with E-state index in [0.717, 1.165) is 10.0 Å². The molecule has 0 unspecified atom stereocenters.